The molecule has 2 aromatic heterocycles. The van der Waals surface area contributed by atoms with E-state index >= 15 is 0 Å². The number of benzene rings is 9. The van der Waals surface area contributed by atoms with E-state index in [2.05, 4.69) is 220 Å². The molecule has 0 radical (unpaired) electrons. The van der Waals surface area contributed by atoms with Crippen LogP contribution in [0.15, 0.2) is 239 Å². The highest BCUT2D eigenvalue weighted by Crippen LogP contribution is 2.53. The maximum Gasteiger partial charge on any atom is 0.227 e. The molecule has 71 heavy (non-hydrogen) atoms. The van der Waals surface area contributed by atoms with Crippen molar-refractivity contribution in [2.24, 2.45) is 0 Å². The molecule has 11 aromatic rings. The average Bonchev–Trinajstić information content (AvgIpc) is 4.12. The van der Waals surface area contributed by atoms with Crippen molar-refractivity contribution in [2.45, 2.75) is 33.1 Å². The molecule has 0 aliphatic heterocycles. The maximum absolute atomic E-state index is 6.17. The molecule has 0 N–H and O–H groups in total. The third kappa shape index (κ3) is 7.89. The summed E-state index contributed by atoms with van der Waals surface area (Å²) >= 11 is 0. The monoisotopic (exact) mass is 918 g/mol. The number of aromatic nitrogens is 2. The van der Waals surface area contributed by atoms with Crippen LogP contribution >= 0.6 is 0 Å². The van der Waals surface area contributed by atoms with Crippen molar-refractivity contribution in [1.29, 1.82) is 0 Å². The van der Waals surface area contributed by atoms with Crippen LogP contribution in [0.3, 0.4) is 0 Å². The van der Waals surface area contributed by atoms with Gasteiger partial charge in [0.1, 0.15) is 11.0 Å². The van der Waals surface area contributed by atoms with E-state index in [0.29, 0.717) is 11.8 Å². The van der Waals surface area contributed by atoms with Crippen LogP contribution in [0.5, 0.6) is 0 Å². The fourth-order valence-corrected chi connectivity index (χ4v) is 10.2. The van der Waals surface area contributed by atoms with E-state index in [1.54, 1.807) is 0 Å². The first-order valence-corrected chi connectivity index (χ1v) is 24.2. The van der Waals surface area contributed by atoms with Gasteiger partial charge in [-0.05, 0) is 180 Å². The quantitative estimate of drug-likeness (QED) is 0.121. The number of allylic oxidation sites excluding steroid dienone is 4. The van der Waals surface area contributed by atoms with E-state index in [0.717, 1.165) is 67.5 Å². The van der Waals surface area contributed by atoms with Gasteiger partial charge in [-0.2, -0.15) is 0 Å². The molecule has 12 rings (SSSR count). The second-order valence-corrected chi connectivity index (χ2v) is 18.5. The molecule has 342 valence electrons. The van der Waals surface area contributed by atoms with Crippen molar-refractivity contribution in [2.75, 3.05) is 9.80 Å². The molecule has 1 aliphatic carbocycles. The van der Waals surface area contributed by atoms with Crippen LogP contribution in [-0.4, -0.2) is 9.97 Å². The van der Waals surface area contributed by atoms with E-state index in [-0.39, 0.29) is 5.41 Å². The third-order valence-corrected chi connectivity index (χ3v) is 13.8. The van der Waals surface area contributed by atoms with Crippen molar-refractivity contribution in [1.82, 2.24) is 9.97 Å². The zero-order valence-electron chi connectivity index (χ0n) is 40.0. The van der Waals surface area contributed by atoms with Crippen molar-refractivity contribution in [3.05, 3.63) is 247 Å². The zero-order chi connectivity index (χ0) is 48.1. The van der Waals surface area contributed by atoms with Gasteiger partial charge in [0.2, 0.25) is 11.8 Å². The number of oxazole rings is 2. The standard InChI is InChI=1S/C65H50N4O2/c1-5-14-43(6-2)45-21-29-49(30-22-45)68(51-33-25-47(26-34-51)63-66-59-17-10-12-19-61(59)70-63)53-37-39-55-56-40-38-54(42-58(56)65(3,4)57(55)41-53)69(50-31-23-46(24-32-50)44-15-8-7-9-16-44)52-35-27-48(28-36-52)64-67-60-18-11-13-20-62(60)71-64/h5-42H,1-4H3/b14-5-,43-6+. The molecule has 6 nitrogen and oxygen atoms in total. The molecule has 1 aliphatic rings. The minimum Gasteiger partial charge on any atom is -0.436 e. The number of rotatable bonds is 11. The Morgan fingerprint density at radius 3 is 1.25 bits per heavy atom. The van der Waals surface area contributed by atoms with Gasteiger partial charge in [-0.15, -0.1) is 0 Å². The number of nitrogens with zero attached hydrogens (tertiary/aromatic N) is 4. The largest absolute Gasteiger partial charge is 0.436 e. The summed E-state index contributed by atoms with van der Waals surface area (Å²) in [6.45, 7) is 8.85. The van der Waals surface area contributed by atoms with Crippen LogP contribution in [0, 0.1) is 0 Å². The topological polar surface area (TPSA) is 58.5 Å². The number of para-hydroxylation sites is 4. The predicted octanol–water partition coefficient (Wildman–Crippen LogP) is 18.2. The van der Waals surface area contributed by atoms with Gasteiger partial charge in [0.05, 0.1) is 0 Å². The number of hydrogen-bond acceptors (Lipinski definition) is 6. The first-order valence-electron chi connectivity index (χ1n) is 24.2. The molecule has 0 unspecified atom stereocenters. The summed E-state index contributed by atoms with van der Waals surface area (Å²) in [6.07, 6.45) is 6.39. The van der Waals surface area contributed by atoms with Crippen LogP contribution in [0.25, 0.3) is 72.9 Å². The summed E-state index contributed by atoms with van der Waals surface area (Å²) in [5.74, 6) is 1.21. The van der Waals surface area contributed by atoms with Gasteiger partial charge < -0.3 is 18.6 Å². The second-order valence-electron chi connectivity index (χ2n) is 18.5. The Morgan fingerprint density at radius 1 is 0.423 bits per heavy atom. The number of anilines is 6. The Morgan fingerprint density at radius 2 is 0.817 bits per heavy atom. The summed E-state index contributed by atoms with van der Waals surface area (Å²) < 4.78 is 12.3. The predicted molar refractivity (Wildman–Crippen MR) is 293 cm³/mol. The molecule has 9 aromatic carbocycles. The van der Waals surface area contributed by atoms with Gasteiger partial charge in [0.25, 0.3) is 0 Å². The van der Waals surface area contributed by atoms with Gasteiger partial charge >= 0.3 is 0 Å². The summed E-state index contributed by atoms with van der Waals surface area (Å²) in [6, 6.07) is 75.0. The lowest BCUT2D eigenvalue weighted by Crippen LogP contribution is -2.17. The minimum atomic E-state index is -0.323. The van der Waals surface area contributed by atoms with Crippen molar-refractivity contribution in [3.63, 3.8) is 0 Å². The van der Waals surface area contributed by atoms with Crippen LogP contribution in [0.4, 0.5) is 34.1 Å². The molecule has 0 atom stereocenters. The molecule has 2 heterocycles. The Hall–Kier alpha value is -9.00. The second kappa shape index (κ2) is 17.8. The van der Waals surface area contributed by atoms with Crippen LogP contribution in [0.1, 0.15) is 44.4 Å². The van der Waals surface area contributed by atoms with Crippen molar-refractivity contribution < 1.29 is 8.83 Å². The summed E-state index contributed by atoms with van der Waals surface area (Å²) in [7, 11) is 0. The van der Waals surface area contributed by atoms with E-state index < -0.39 is 0 Å². The SMILES string of the molecule is C/C=C\C(=C/C)c1ccc(N(c2ccc(-c3nc4ccccc4o3)cc2)c2ccc3c(c2)C(C)(C)c2cc(N(c4ccc(-c5ccccc5)cc4)c4ccc(-c5nc6ccccc6o5)cc4)ccc2-3)cc1. The van der Waals surface area contributed by atoms with Crippen LogP contribution in [-0.2, 0) is 5.41 Å². The Labute approximate surface area is 414 Å². The van der Waals surface area contributed by atoms with Gasteiger partial charge in [-0.3, -0.25) is 0 Å². The lowest BCUT2D eigenvalue weighted by atomic mass is 9.82. The van der Waals surface area contributed by atoms with E-state index in [4.69, 9.17) is 18.8 Å². The molecule has 0 fully saturated rings. The Bertz CT molecular complexity index is 3720. The van der Waals surface area contributed by atoms with Gasteiger partial charge in [0, 0.05) is 50.7 Å². The summed E-state index contributed by atoms with van der Waals surface area (Å²) in [4.78, 5) is 14.3. The third-order valence-electron chi connectivity index (χ3n) is 13.8. The first-order chi connectivity index (χ1) is 34.8. The van der Waals surface area contributed by atoms with Crippen LogP contribution in [0.2, 0.25) is 0 Å². The minimum absolute atomic E-state index is 0.323. The van der Waals surface area contributed by atoms with Gasteiger partial charge in [-0.1, -0.05) is 123 Å². The fraction of sp³-hybridized carbons (Fsp3) is 0.0769. The first kappa shape index (κ1) is 43.3. The summed E-state index contributed by atoms with van der Waals surface area (Å²) in [5.41, 5.74) is 20.8. The zero-order valence-corrected chi connectivity index (χ0v) is 40.0. The molecule has 6 heteroatoms. The van der Waals surface area contributed by atoms with Crippen LogP contribution < -0.4 is 9.80 Å². The highest BCUT2D eigenvalue weighted by atomic mass is 16.4. The molecule has 0 amide bonds. The number of hydrogen-bond donors (Lipinski definition) is 0. The average molecular weight is 919 g/mol. The summed E-state index contributed by atoms with van der Waals surface area (Å²) in [5, 5.41) is 0. The molecular weight excluding hydrogens is 869 g/mol. The molecular formula is C65H50N4O2. The fourth-order valence-electron chi connectivity index (χ4n) is 10.2. The molecule has 0 spiro atoms. The smallest absolute Gasteiger partial charge is 0.227 e. The highest BCUT2D eigenvalue weighted by molar-refractivity contribution is 5.90. The van der Waals surface area contributed by atoms with E-state index in [9.17, 15) is 0 Å². The molecule has 0 saturated carbocycles. The lowest BCUT2D eigenvalue weighted by molar-refractivity contribution is 0.619. The molecule has 0 saturated heterocycles. The normalized spacial score (nSPS) is 12.9. The number of fused-ring (bicyclic) bond motifs is 5. The maximum atomic E-state index is 6.17. The Kier molecular flexibility index (Phi) is 10.9. The van der Waals surface area contributed by atoms with Crippen molar-refractivity contribution >= 4 is 61.9 Å². The molecule has 0 bridgehead atoms. The van der Waals surface area contributed by atoms with Gasteiger partial charge in [0.15, 0.2) is 11.2 Å². The Balaban J connectivity index is 0.923. The van der Waals surface area contributed by atoms with E-state index in [1.807, 2.05) is 48.5 Å². The lowest BCUT2D eigenvalue weighted by Gasteiger charge is -2.29. The van der Waals surface area contributed by atoms with Crippen molar-refractivity contribution in [3.8, 4) is 45.2 Å². The van der Waals surface area contributed by atoms with Gasteiger partial charge in [-0.25, -0.2) is 9.97 Å². The van der Waals surface area contributed by atoms with E-state index in [1.165, 1.54) is 44.5 Å². The highest BCUT2D eigenvalue weighted by Gasteiger charge is 2.37.